The molecule has 1 nitrogen and oxygen atoms in total. The highest BCUT2D eigenvalue weighted by atomic mass is 79.9. The predicted molar refractivity (Wildman–Crippen MR) is 63.3 cm³/mol. The summed E-state index contributed by atoms with van der Waals surface area (Å²) in [7, 11) is 0. The van der Waals surface area contributed by atoms with Crippen molar-refractivity contribution in [1.82, 2.24) is 0 Å². The van der Waals surface area contributed by atoms with E-state index in [9.17, 15) is 13.6 Å². The molecule has 0 bridgehead atoms. The molecule has 5 heteroatoms. The van der Waals surface area contributed by atoms with Crippen molar-refractivity contribution in [3.8, 4) is 0 Å². The quantitative estimate of drug-likeness (QED) is 0.754. The van der Waals surface area contributed by atoms with E-state index in [1.165, 1.54) is 13.0 Å². The molecule has 88 valence electrons. The zero-order valence-electron chi connectivity index (χ0n) is 8.51. The Labute approximate surface area is 106 Å². The lowest BCUT2D eigenvalue weighted by molar-refractivity contribution is -0.116. The molecule has 0 aromatic heterocycles. The lowest BCUT2D eigenvalue weighted by Crippen LogP contribution is -2.03. The summed E-state index contributed by atoms with van der Waals surface area (Å²) in [5, 5.41) is -0.512. The Morgan fingerprint density at radius 1 is 1.50 bits per heavy atom. The monoisotopic (exact) mass is 310 g/mol. The zero-order chi connectivity index (χ0) is 12.3. The maximum atomic E-state index is 12.7. The van der Waals surface area contributed by atoms with E-state index in [0.29, 0.717) is 16.5 Å². The maximum Gasteiger partial charge on any atom is 0.264 e. The Balaban J connectivity index is 3.16. The number of rotatable bonds is 4. The highest BCUT2D eigenvalue weighted by Gasteiger charge is 2.18. The number of carbonyl (C=O) groups excluding carboxylic acids is 1. The standard InChI is InChI=1S/C11H10BrClF2O/c1-6(16)10(13)7-2-3-8(5-12)9(4-7)11(14)15/h2-4,10-11H,5H2,1H3. The van der Waals surface area contributed by atoms with Crippen LogP contribution < -0.4 is 0 Å². The van der Waals surface area contributed by atoms with Gasteiger partial charge in [0.1, 0.15) is 5.38 Å². The Bertz CT molecular complexity index is 396. The van der Waals surface area contributed by atoms with Gasteiger partial charge < -0.3 is 0 Å². The van der Waals surface area contributed by atoms with Gasteiger partial charge in [-0.1, -0.05) is 28.1 Å². The first-order chi connectivity index (χ1) is 7.47. The minimum absolute atomic E-state index is 0.0822. The van der Waals surface area contributed by atoms with Gasteiger partial charge in [-0.2, -0.15) is 0 Å². The van der Waals surface area contributed by atoms with Gasteiger partial charge in [0.15, 0.2) is 5.78 Å². The summed E-state index contributed by atoms with van der Waals surface area (Å²) < 4.78 is 25.4. The topological polar surface area (TPSA) is 17.1 Å². The number of ketones is 1. The minimum Gasteiger partial charge on any atom is -0.298 e. The van der Waals surface area contributed by atoms with E-state index in [1.54, 1.807) is 12.1 Å². The Kier molecular flexibility index (Phi) is 4.87. The van der Waals surface area contributed by atoms with Crippen LogP contribution in [0.1, 0.15) is 35.4 Å². The fourth-order valence-corrected chi connectivity index (χ4v) is 1.98. The molecule has 0 heterocycles. The smallest absolute Gasteiger partial charge is 0.264 e. The van der Waals surface area contributed by atoms with Crippen LogP contribution in [0.2, 0.25) is 0 Å². The van der Waals surface area contributed by atoms with Crippen molar-refractivity contribution in [3.63, 3.8) is 0 Å². The van der Waals surface area contributed by atoms with Gasteiger partial charge >= 0.3 is 0 Å². The molecule has 1 atom stereocenters. The summed E-state index contributed by atoms with van der Waals surface area (Å²) >= 11 is 8.94. The van der Waals surface area contributed by atoms with Gasteiger partial charge in [-0.25, -0.2) is 8.78 Å². The van der Waals surface area contributed by atoms with Crippen LogP contribution in [0.25, 0.3) is 0 Å². The number of hydrogen-bond acceptors (Lipinski definition) is 1. The number of Topliss-reactive ketones (excluding diaryl/α,β-unsaturated/α-hetero) is 1. The molecule has 0 radical (unpaired) electrons. The molecule has 0 aliphatic carbocycles. The number of benzene rings is 1. The van der Waals surface area contributed by atoms with Gasteiger partial charge in [-0.15, -0.1) is 11.6 Å². The average Bonchev–Trinajstić information content (AvgIpc) is 2.26. The zero-order valence-corrected chi connectivity index (χ0v) is 10.9. The van der Waals surface area contributed by atoms with Gasteiger partial charge in [-0.05, 0) is 24.1 Å². The second-order valence-corrected chi connectivity index (χ2v) is 4.36. The summed E-state index contributed by atoms with van der Waals surface area (Å²) in [6, 6.07) is 4.45. The number of alkyl halides is 4. The number of carbonyl (C=O) groups is 1. The van der Waals surface area contributed by atoms with Gasteiger partial charge in [0.2, 0.25) is 0 Å². The molecule has 0 spiro atoms. The van der Waals surface area contributed by atoms with Crippen LogP contribution in [0.4, 0.5) is 8.78 Å². The number of halogens is 4. The summed E-state index contributed by atoms with van der Waals surface area (Å²) in [6.45, 7) is 1.33. The van der Waals surface area contributed by atoms with Crippen molar-refractivity contribution < 1.29 is 13.6 Å². The molecule has 0 amide bonds. The summed E-state index contributed by atoms with van der Waals surface area (Å²) in [4.78, 5) is 11.1. The first-order valence-electron chi connectivity index (χ1n) is 4.58. The molecule has 0 saturated heterocycles. The van der Waals surface area contributed by atoms with Crippen LogP contribution in [0.3, 0.4) is 0 Å². The van der Waals surface area contributed by atoms with Gasteiger partial charge in [0.25, 0.3) is 6.43 Å². The van der Waals surface area contributed by atoms with Gasteiger partial charge in [-0.3, -0.25) is 4.79 Å². The second kappa shape index (κ2) is 5.73. The molecule has 1 rings (SSSR count). The van der Waals surface area contributed by atoms with Crippen molar-refractivity contribution in [2.45, 2.75) is 24.1 Å². The molecule has 0 aliphatic heterocycles. The van der Waals surface area contributed by atoms with Crippen LogP contribution in [-0.4, -0.2) is 5.78 Å². The van der Waals surface area contributed by atoms with E-state index in [-0.39, 0.29) is 11.3 Å². The maximum absolute atomic E-state index is 12.7. The fourth-order valence-electron chi connectivity index (χ4n) is 1.33. The molecule has 1 unspecified atom stereocenters. The van der Waals surface area contributed by atoms with Crippen molar-refractivity contribution in [2.75, 3.05) is 0 Å². The Hall–Kier alpha value is -0.480. The lowest BCUT2D eigenvalue weighted by Gasteiger charge is -2.11. The molecule has 0 aliphatic rings. The molecule has 1 aromatic carbocycles. The Morgan fingerprint density at radius 3 is 2.56 bits per heavy atom. The molecule has 0 fully saturated rings. The summed E-state index contributed by atoms with van der Waals surface area (Å²) in [6.07, 6.45) is -2.57. The number of hydrogen-bond donors (Lipinski definition) is 0. The van der Waals surface area contributed by atoms with Crippen molar-refractivity contribution in [2.24, 2.45) is 0 Å². The van der Waals surface area contributed by atoms with E-state index in [2.05, 4.69) is 15.9 Å². The second-order valence-electron chi connectivity index (χ2n) is 3.37. The van der Waals surface area contributed by atoms with E-state index in [0.717, 1.165) is 0 Å². The molecular weight excluding hydrogens is 301 g/mol. The van der Waals surface area contributed by atoms with Gasteiger partial charge in [0, 0.05) is 10.9 Å². The van der Waals surface area contributed by atoms with Crippen LogP contribution >= 0.6 is 27.5 Å². The molecular formula is C11H10BrClF2O. The van der Waals surface area contributed by atoms with E-state index < -0.39 is 11.8 Å². The first-order valence-corrected chi connectivity index (χ1v) is 6.14. The van der Waals surface area contributed by atoms with E-state index in [1.807, 2.05) is 0 Å². The van der Waals surface area contributed by atoms with Crippen molar-refractivity contribution in [3.05, 3.63) is 34.9 Å². The fraction of sp³-hybridized carbons (Fsp3) is 0.364. The van der Waals surface area contributed by atoms with Crippen LogP contribution in [-0.2, 0) is 10.1 Å². The van der Waals surface area contributed by atoms with Crippen molar-refractivity contribution in [1.29, 1.82) is 0 Å². The van der Waals surface area contributed by atoms with Crippen LogP contribution in [0, 0.1) is 0 Å². The van der Waals surface area contributed by atoms with E-state index in [4.69, 9.17) is 11.6 Å². The normalized spacial score (nSPS) is 12.9. The van der Waals surface area contributed by atoms with Gasteiger partial charge in [0.05, 0.1) is 0 Å². The third-order valence-corrected chi connectivity index (χ3v) is 3.36. The van der Waals surface area contributed by atoms with Crippen LogP contribution in [0.5, 0.6) is 0 Å². The first kappa shape index (κ1) is 13.6. The summed E-state index contributed by atoms with van der Waals surface area (Å²) in [5.74, 6) is -0.256. The lowest BCUT2D eigenvalue weighted by atomic mass is 10.0. The molecule has 1 aromatic rings. The molecule has 0 N–H and O–H groups in total. The third-order valence-electron chi connectivity index (χ3n) is 2.20. The minimum atomic E-state index is -2.57. The summed E-state index contributed by atoms with van der Waals surface area (Å²) in [5.41, 5.74) is 0.835. The van der Waals surface area contributed by atoms with E-state index >= 15 is 0 Å². The highest BCUT2D eigenvalue weighted by Crippen LogP contribution is 2.30. The Morgan fingerprint density at radius 2 is 2.12 bits per heavy atom. The average molecular weight is 312 g/mol. The highest BCUT2D eigenvalue weighted by molar-refractivity contribution is 9.08. The van der Waals surface area contributed by atoms with Crippen molar-refractivity contribution >= 4 is 33.3 Å². The predicted octanol–water partition coefficient (Wildman–Crippen LogP) is 4.39. The SMILES string of the molecule is CC(=O)C(Cl)c1ccc(CBr)c(C(F)F)c1. The molecule has 16 heavy (non-hydrogen) atoms. The largest absolute Gasteiger partial charge is 0.298 e. The molecule has 0 saturated carbocycles. The third kappa shape index (κ3) is 3.01. The van der Waals surface area contributed by atoms with Crippen LogP contribution in [0.15, 0.2) is 18.2 Å².